The molecule has 0 aliphatic rings. The molecule has 2 aromatic heterocycles. The van der Waals surface area contributed by atoms with Crippen LogP contribution in [0.25, 0.3) is 17.1 Å². The first-order chi connectivity index (χ1) is 16.0. The van der Waals surface area contributed by atoms with Crippen LogP contribution in [0, 0.1) is 11.6 Å². The van der Waals surface area contributed by atoms with E-state index in [1.165, 1.54) is 0 Å². The molecule has 7 nitrogen and oxygen atoms in total. The lowest BCUT2D eigenvalue weighted by molar-refractivity contribution is -0.113. The lowest BCUT2D eigenvalue weighted by Crippen LogP contribution is -2.15. The standard InChI is InChI=1S/C23H19F2N5O2S/c1-2-32-18-6-4-17(5-7-18)30-22(15-9-11-26-12-10-15)28-29-23(30)33-14-21(31)27-20-13-16(24)3-8-19(20)25/h3-13H,2,14H2,1H3,(H,27,31). The van der Waals surface area contributed by atoms with Crippen LogP contribution in [0.4, 0.5) is 14.5 Å². The number of halogens is 2. The van der Waals surface area contributed by atoms with Crippen molar-refractivity contribution in [2.45, 2.75) is 12.1 Å². The number of anilines is 1. The highest BCUT2D eigenvalue weighted by Gasteiger charge is 2.18. The Morgan fingerprint density at radius 1 is 1.06 bits per heavy atom. The largest absolute Gasteiger partial charge is 0.494 e. The van der Waals surface area contributed by atoms with Gasteiger partial charge in [0, 0.05) is 29.7 Å². The highest BCUT2D eigenvalue weighted by atomic mass is 32.2. The van der Waals surface area contributed by atoms with Crippen LogP contribution in [0.5, 0.6) is 5.75 Å². The first-order valence-electron chi connectivity index (χ1n) is 10.0. The Kier molecular flexibility index (Phi) is 6.94. The Bertz CT molecular complexity index is 1250. The number of nitrogens with zero attached hydrogens (tertiary/aromatic N) is 4. The first-order valence-corrected chi connectivity index (χ1v) is 11.0. The summed E-state index contributed by atoms with van der Waals surface area (Å²) >= 11 is 1.12. The number of hydrogen-bond acceptors (Lipinski definition) is 6. The van der Waals surface area contributed by atoms with Crippen LogP contribution < -0.4 is 10.1 Å². The first kappa shape index (κ1) is 22.4. The Balaban J connectivity index is 1.59. The number of ether oxygens (including phenoxy) is 1. The fourth-order valence-electron chi connectivity index (χ4n) is 3.05. The second kappa shape index (κ2) is 10.2. The Hall–Kier alpha value is -3.79. The normalized spacial score (nSPS) is 10.8. The third-order valence-corrected chi connectivity index (χ3v) is 5.44. The van der Waals surface area contributed by atoms with E-state index in [4.69, 9.17) is 4.74 Å². The van der Waals surface area contributed by atoms with E-state index in [2.05, 4.69) is 20.5 Å². The van der Waals surface area contributed by atoms with E-state index in [0.29, 0.717) is 17.6 Å². The van der Waals surface area contributed by atoms with Crippen molar-refractivity contribution in [1.82, 2.24) is 19.7 Å². The summed E-state index contributed by atoms with van der Waals surface area (Å²) in [4.78, 5) is 16.4. The van der Waals surface area contributed by atoms with Gasteiger partial charge in [0.15, 0.2) is 11.0 Å². The number of nitrogens with one attached hydrogen (secondary N) is 1. The number of carbonyl (C=O) groups is 1. The topological polar surface area (TPSA) is 81.9 Å². The maximum atomic E-state index is 13.8. The molecule has 0 aliphatic carbocycles. The maximum Gasteiger partial charge on any atom is 0.234 e. The molecule has 0 saturated carbocycles. The molecule has 0 fully saturated rings. The van der Waals surface area contributed by atoms with Gasteiger partial charge in [-0.15, -0.1) is 10.2 Å². The Labute approximate surface area is 192 Å². The summed E-state index contributed by atoms with van der Waals surface area (Å²) in [6, 6.07) is 13.9. The summed E-state index contributed by atoms with van der Waals surface area (Å²) in [5.41, 5.74) is 1.35. The van der Waals surface area contributed by atoms with Gasteiger partial charge in [-0.1, -0.05) is 11.8 Å². The predicted octanol–water partition coefficient (Wildman–Crippen LogP) is 4.74. The molecule has 0 spiro atoms. The molecule has 2 heterocycles. The molecule has 0 atom stereocenters. The highest BCUT2D eigenvalue weighted by molar-refractivity contribution is 7.99. The monoisotopic (exact) mass is 467 g/mol. The average Bonchev–Trinajstić information content (AvgIpc) is 3.25. The SMILES string of the molecule is CCOc1ccc(-n2c(SCC(=O)Nc3cc(F)ccc3F)nnc2-c2ccncc2)cc1. The van der Waals surface area contributed by atoms with Gasteiger partial charge in [-0.05, 0) is 55.5 Å². The second-order valence-electron chi connectivity index (χ2n) is 6.77. The summed E-state index contributed by atoms with van der Waals surface area (Å²) in [7, 11) is 0. The van der Waals surface area contributed by atoms with Crippen molar-refractivity contribution in [1.29, 1.82) is 0 Å². The van der Waals surface area contributed by atoms with E-state index in [9.17, 15) is 13.6 Å². The van der Waals surface area contributed by atoms with E-state index in [1.54, 1.807) is 12.4 Å². The zero-order valence-electron chi connectivity index (χ0n) is 17.5. The van der Waals surface area contributed by atoms with Crippen molar-refractivity contribution in [3.8, 4) is 22.8 Å². The second-order valence-corrected chi connectivity index (χ2v) is 7.71. The van der Waals surface area contributed by atoms with Crippen molar-refractivity contribution >= 4 is 23.4 Å². The molecule has 10 heteroatoms. The van der Waals surface area contributed by atoms with Gasteiger partial charge in [0.25, 0.3) is 0 Å². The molecule has 168 valence electrons. The number of carbonyl (C=O) groups excluding carboxylic acids is 1. The average molecular weight is 468 g/mol. The summed E-state index contributed by atoms with van der Waals surface area (Å²) < 4.78 is 34.5. The summed E-state index contributed by atoms with van der Waals surface area (Å²) in [5, 5.41) is 11.4. The number of hydrogen-bond donors (Lipinski definition) is 1. The van der Waals surface area contributed by atoms with Crippen LogP contribution in [0.1, 0.15) is 6.92 Å². The van der Waals surface area contributed by atoms with E-state index < -0.39 is 17.5 Å². The van der Waals surface area contributed by atoms with Crippen LogP contribution in [-0.2, 0) is 4.79 Å². The van der Waals surface area contributed by atoms with Crippen LogP contribution in [0.15, 0.2) is 72.1 Å². The molecule has 0 saturated heterocycles. The lowest BCUT2D eigenvalue weighted by Gasteiger charge is -2.11. The molecule has 0 unspecified atom stereocenters. The van der Waals surface area contributed by atoms with Crippen molar-refractivity contribution in [3.05, 3.63) is 78.6 Å². The van der Waals surface area contributed by atoms with Gasteiger partial charge in [0.05, 0.1) is 18.0 Å². The number of amides is 1. The third-order valence-electron chi connectivity index (χ3n) is 4.51. The molecule has 1 N–H and O–H groups in total. The van der Waals surface area contributed by atoms with E-state index in [0.717, 1.165) is 47.0 Å². The van der Waals surface area contributed by atoms with Crippen LogP contribution >= 0.6 is 11.8 Å². The number of benzene rings is 2. The molecule has 4 rings (SSSR count). The van der Waals surface area contributed by atoms with E-state index >= 15 is 0 Å². The molecule has 0 aliphatic heterocycles. The third kappa shape index (κ3) is 5.35. The van der Waals surface area contributed by atoms with Gasteiger partial charge in [-0.2, -0.15) is 0 Å². The molecular formula is C23H19F2N5O2S. The van der Waals surface area contributed by atoms with Crippen molar-refractivity contribution in [2.24, 2.45) is 0 Å². The number of thioether (sulfide) groups is 1. The Morgan fingerprint density at radius 2 is 1.82 bits per heavy atom. The molecule has 1 amide bonds. The lowest BCUT2D eigenvalue weighted by atomic mass is 10.2. The molecular weight excluding hydrogens is 448 g/mol. The maximum absolute atomic E-state index is 13.8. The minimum absolute atomic E-state index is 0.0819. The van der Waals surface area contributed by atoms with Gasteiger partial charge in [0.1, 0.15) is 17.4 Å². The zero-order valence-corrected chi connectivity index (χ0v) is 18.4. The van der Waals surface area contributed by atoms with Gasteiger partial charge in [0.2, 0.25) is 5.91 Å². The molecule has 0 radical (unpaired) electrons. The van der Waals surface area contributed by atoms with Gasteiger partial charge in [-0.3, -0.25) is 14.3 Å². The van der Waals surface area contributed by atoms with Crippen LogP contribution in [-0.4, -0.2) is 38.0 Å². The minimum atomic E-state index is -0.715. The van der Waals surface area contributed by atoms with Gasteiger partial charge < -0.3 is 10.1 Å². The fraction of sp³-hybridized carbons (Fsp3) is 0.130. The number of pyridine rings is 1. The van der Waals surface area contributed by atoms with Crippen LogP contribution in [0.3, 0.4) is 0 Å². The molecule has 4 aromatic rings. The van der Waals surface area contributed by atoms with Crippen molar-refractivity contribution in [2.75, 3.05) is 17.7 Å². The Morgan fingerprint density at radius 3 is 2.55 bits per heavy atom. The highest BCUT2D eigenvalue weighted by Crippen LogP contribution is 2.29. The number of rotatable bonds is 8. The summed E-state index contributed by atoms with van der Waals surface area (Å²) in [6.45, 7) is 2.46. The van der Waals surface area contributed by atoms with E-state index in [-0.39, 0.29) is 11.4 Å². The quantitative estimate of drug-likeness (QED) is 0.377. The number of aromatic nitrogens is 4. The van der Waals surface area contributed by atoms with Crippen molar-refractivity contribution < 1.29 is 18.3 Å². The zero-order chi connectivity index (χ0) is 23.2. The van der Waals surface area contributed by atoms with Crippen molar-refractivity contribution in [3.63, 3.8) is 0 Å². The summed E-state index contributed by atoms with van der Waals surface area (Å²) in [5.74, 6) is -0.646. The van der Waals surface area contributed by atoms with Gasteiger partial charge >= 0.3 is 0 Å². The fourth-order valence-corrected chi connectivity index (χ4v) is 3.80. The van der Waals surface area contributed by atoms with E-state index in [1.807, 2.05) is 47.9 Å². The summed E-state index contributed by atoms with van der Waals surface area (Å²) in [6.07, 6.45) is 3.31. The van der Waals surface area contributed by atoms with Gasteiger partial charge in [-0.25, -0.2) is 8.78 Å². The molecule has 0 bridgehead atoms. The smallest absolute Gasteiger partial charge is 0.234 e. The molecule has 33 heavy (non-hydrogen) atoms. The molecule has 2 aromatic carbocycles. The predicted molar refractivity (Wildman–Crippen MR) is 121 cm³/mol. The van der Waals surface area contributed by atoms with Crippen LogP contribution in [0.2, 0.25) is 0 Å². The minimum Gasteiger partial charge on any atom is -0.494 e.